The maximum absolute atomic E-state index is 12.9. The lowest BCUT2D eigenvalue weighted by atomic mass is 10.0. The Kier molecular flexibility index (Phi) is 7.28. The molecule has 0 fully saturated rings. The van der Waals surface area contributed by atoms with Crippen LogP contribution in [0.5, 0.6) is 0 Å². The van der Waals surface area contributed by atoms with Gasteiger partial charge in [-0.2, -0.15) is 5.10 Å². The number of carbonyl (C=O) groups is 1. The molecule has 6 nitrogen and oxygen atoms in total. The maximum atomic E-state index is 12.9. The molecule has 0 aromatic heterocycles. The number of amides is 1. The van der Waals surface area contributed by atoms with Gasteiger partial charge in [0.1, 0.15) is 5.82 Å². The van der Waals surface area contributed by atoms with E-state index in [0.717, 1.165) is 5.56 Å². The number of rotatable bonds is 8. The molecule has 1 amide bonds. The Bertz CT molecular complexity index is 1150. The number of sulfonamides is 1. The summed E-state index contributed by atoms with van der Waals surface area (Å²) in [5, 5.41) is 3.86. The topological polar surface area (TPSA) is 87.6 Å². The number of aryl methyl sites for hydroxylation is 1. The highest BCUT2D eigenvalue weighted by Gasteiger charge is 2.23. The zero-order valence-electron chi connectivity index (χ0n) is 16.8. The predicted molar refractivity (Wildman–Crippen MR) is 117 cm³/mol. The quantitative estimate of drug-likeness (QED) is 0.414. The zero-order chi connectivity index (χ0) is 22.3. The van der Waals surface area contributed by atoms with Crippen LogP contribution in [0.4, 0.5) is 4.39 Å². The van der Waals surface area contributed by atoms with Gasteiger partial charge in [-0.3, -0.25) is 4.79 Å². The molecule has 0 bridgehead atoms. The van der Waals surface area contributed by atoms with E-state index in [1.807, 2.05) is 13.0 Å². The first-order valence-corrected chi connectivity index (χ1v) is 11.0. The first-order chi connectivity index (χ1) is 14.8. The van der Waals surface area contributed by atoms with E-state index in [1.165, 1.54) is 42.6 Å². The maximum Gasteiger partial charge on any atom is 0.242 e. The Hall–Kier alpha value is -3.36. The van der Waals surface area contributed by atoms with Crippen LogP contribution in [0.3, 0.4) is 0 Å². The predicted octanol–water partition coefficient (Wildman–Crippen LogP) is 3.69. The summed E-state index contributed by atoms with van der Waals surface area (Å²) in [4.78, 5) is 12.5. The molecule has 0 aliphatic heterocycles. The summed E-state index contributed by atoms with van der Waals surface area (Å²) in [5.74, 6) is -0.841. The highest BCUT2D eigenvalue weighted by Crippen LogP contribution is 2.20. The van der Waals surface area contributed by atoms with E-state index < -0.39 is 22.0 Å². The summed E-state index contributed by atoms with van der Waals surface area (Å²) in [6.07, 6.45) is 1.22. The number of halogens is 1. The van der Waals surface area contributed by atoms with E-state index in [4.69, 9.17) is 0 Å². The molecule has 2 N–H and O–H groups in total. The van der Waals surface area contributed by atoms with Crippen molar-refractivity contribution < 1.29 is 17.6 Å². The van der Waals surface area contributed by atoms with E-state index >= 15 is 0 Å². The van der Waals surface area contributed by atoms with Gasteiger partial charge in [0.05, 0.1) is 17.2 Å². The molecule has 0 saturated heterocycles. The average molecular weight is 440 g/mol. The van der Waals surface area contributed by atoms with E-state index in [0.29, 0.717) is 11.1 Å². The van der Waals surface area contributed by atoms with Crippen molar-refractivity contribution in [2.75, 3.05) is 0 Å². The van der Waals surface area contributed by atoms with Crippen molar-refractivity contribution >= 4 is 22.1 Å². The van der Waals surface area contributed by atoms with Crippen molar-refractivity contribution in [3.05, 3.63) is 101 Å². The number of hydrogen-bond donors (Lipinski definition) is 2. The monoisotopic (exact) mass is 439 g/mol. The van der Waals surface area contributed by atoms with Crippen molar-refractivity contribution in [2.24, 2.45) is 5.10 Å². The van der Waals surface area contributed by atoms with Gasteiger partial charge in [0.2, 0.25) is 15.9 Å². The molecule has 0 heterocycles. The fourth-order valence-corrected chi connectivity index (χ4v) is 4.07. The van der Waals surface area contributed by atoms with Crippen LogP contribution in [0.2, 0.25) is 0 Å². The van der Waals surface area contributed by atoms with Crippen LogP contribution in [0.1, 0.15) is 29.2 Å². The van der Waals surface area contributed by atoms with Gasteiger partial charge >= 0.3 is 0 Å². The number of nitrogens with one attached hydrogen (secondary N) is 2. The summed E-state index contributed by atoms with van der Waals surface area (Å²) in [6, 6.07) is 20.1. The number of benzene rings is 3. The van der Waals surface area contributed by atoms with Crippen LogP contribution < -0.4 is 10.1 Å². The van der Waals surface area contributed by atoms with Crippen molar-refractivity contribution in [2.45, 2.75) is 24.3 Å². The normalized spacial score (nSPS) is 12.6. The van der Waals surface area contributed by atoms with Gasteiger partial charge in [-0.05, 0) is 42.3 Å². The van der Waals surface area contributed by atoms with E-state index in [1.54, 1.807) is 36.4 Å². The first-order valence-electron chi connectivity index (χ1n) is 9.55. The molecule has 0 spiro atoms. The lowest BCUT2D eigenvalue weighted by Gasteiger charge is -2.18. The molecule has 0 radical (unpaired) electrons. The Morgan fingerprint density at radius 3 is 2.29 bits per heavy atom. The van der Waals surface area contributed by atoms with Crippen molar-refractivity contribution in [3.8, 4) is 0 Å². The lowest BCUT2D eigenvalue weighted by Crippen LogP contribution is -2.32. The third-order valence-electron chi connectivity index (χ3n) is 4.49. The van der Waals surface area contributed by atoms with Crippen LogP contribution in [0.15, 0.2) is 88.9 Å². The lowest BCUT2D eigenvalue weighted by molar-refractivity contribution is -0.121. The molecule has 3 aromatic carbocycles. The first kappa shape index (κ1) is 22.3. The molecule has 0 aliphatic carbocycles. The SMILES string of the molecule is Cc1ccc(S(=O)(=O)N[C@H](CC(=O)N/N=C\c2ccc(F)cc2)c2ccccc2)cc1. The fourth-order valence-electron chi connectivity index (χ4n) is 2.84. The molecular weight excluding hydrogens is 417 g/mol. The Balaban J connectivity index is 1.72. The van der Waals surface area contributed by atoms with Gasteiger partial charge in [-0.15, -0.1) is 0 Å². The molecule has 31 heavy (non-hydrogen) atoms. The number of carbonyl (C=O) groups excluding carboxylic acids is 1. The molecule has 160 valence electrons. The third-order valence-corrected chi connectivity index (χ3v) is 5.98. The van der Waals surface area contributed by atoms with E-state index in [2.05, 4.69) is 15.2 Å². The van der Waals surface area contributed by atoms with Crippen molar-refractivity contribution in [3.63, 3.8) is 0 Å². The zero-order valence-corrected chi connectivity index (χ0v) is 17.6. The number of hydrazone groups is 1. The van der Waals surface area contributed by atoms with Gasteiger partial charge in [-0.1, -0.05) is 60.2 Å². The molecule has 8 heteroatoms. The molecule has 0 saturated carbocycles. The van der Waals surface area contributed by atoms with E-state index in [-0.39, 0.29) is 17.1 Å². The van der Waals surface area contributed by atoms with Crippen LogP contribution in [-0.2, 0) is 14.8 Å². The van der Waals surface area contributed by atoms with Gasteiger partial charge < -0.3 is 0 Å². The summed E-state index contributed by atoms with van der Waals surface area (Å²) >= 11 is 0. The summed E-state index contributed by atoms with van der Waals surface area (Å²) in [5.41, 5.74) is 4.58. The van der Waals surface area contributed by atoms with Gasteiger partial charge in [-0.25, -0.2) is 23.0 Å². The smallest absolute Gasteiger partial charge is 0.242 e. The minimum atomic E-state index is -3.84. The largest absolute Gasteiger partial charge is 0.273 e. The highest BCUT2D eigenvalue weighted by atomic mass is 32.2. The second-order valence-electron chi connectivity index (χ2n) is 6.95. The van der Waals surface area contributed by atoms with Crippen molar-refractivity contribution in [1.82, 2.24) is 10.1 Å². The molecule has 3 rings (SSSR count). The van der Waals surface area contributed by atoms with Crippen LogP contribution in [-0.4, -0.2) is 20.5 Å². The number of nitrogens with zero attached hydrogens (tertiary/aromatic N) is 1. The standard InChI is InChI=1S/C23H22FN3O3S/c1-17-7-13-21(14-8-17)31(29,30)27-22(19-5-3-2-4-6-19)15-23(28)26-25-16-18-9-11-20(24)12-10-18/h2-14,16,22,27H,15H2,1H3,(H,26,28)/b25-16-/t22-/m1/s1. The average Bonchev–Trinajstić information content (AvgIpc) is 2.75. The number of hydrogen-bond acceptors (Lipinski definition) is 4. The second-order valence-corrected chi connectivity index (χ2v) is 8.66. The second kappa shape index (κ2) is 10.1. The third kappa shape index (κ3) is 6.56. The molecule has 3 aromatic rings. The highest BCUT2D eigenvalue weighted by molar-refractivity contribution is 7.89. The Labute approximate surface area is 180 Å². The minimum Gasteiger partial charge on any atom is -0.273 e. The van der Waals surface area contributed by atoms with Crippen molar-refractivity contribution in [1.29, 1.82) is 0 Å². The van der Waals surface area contributed by atoms with E-state index in [9.17, 15) is 17.6 Å². The fraction of sp³-hybridized carbons (Fsp3) is 0.130. The summed E-state index contributed by atoms with van der Waals surface area (Å²) in [6.45, 7) is 1.87. The Morgan fingerprint density at radius 1 is 1.00 bits per heavy atom. The minimum absolute atomic E-state index is 0.119. The van der Waals surface area contributed by atoms with Gasteiger partial charge in [0, 0.05) is 6.42 Å². The van der Waals surface area contributed by atoms with Gasteiger partial charge in [0.25, 0.3) is 0 Å². The van der Waals surface area contributed by atoms with Crippen LogP contribution >= 0.6 is 0 Å². The molecule has 0 unspecified atom stereocenters. The van der Waals surface area contributed by atoms with Crippen LogP contribution in [0.25, 0.3) is 0 Å². The summed E-state index contributed by atoms with van der Waals surface area (Å²) in [7, 11) is -3.84. The molecule has 1 atom stereocenters. The van der Waals surface area contributed by atoms with Crippen LogP contribution in [0, 0.1) is 12.7 Å². The summed E-state index contributed by atoms with van der Waals surface area (Å²) < 4.78 is 41.2. The molecule has 0 aliphatic rings. The van der Waals surface area contributed by atoms with Gasteiger partial charge in [0.15, 0.2) is 0 Å². The molecular formula is C23H22FN3O3S. The Morgan fingerprint density at radius 2 is 1.65 bits per heavy atom.